The van der Waals surface area contributed by atoms with Gasteiger partial charge in [-0.15, -0.1) is 0 Å². The van der Waals surface area contributed by atoms with Gasteiger partial charge in [-0.3, -0.25) is 0 Å². The molecular weight excluding hydrogens is 212 g/mol. The van der Waals surface area contributed by atoms with Gasteiger partial charge in [0, 0.05) is 20.3 Å². The molecule has 0 heterocycles. The van der Waals surface area contributed by atoms with E-state index in [4.69, 9.17) is 10.5 Å². The number of hydrogen-bond acceptors (Lipinski definition) is 3. The minimum absolute atomic E-state index is 0.451. The number of benzene rings is 1. The number of anilines is 2. The lowest BCUT2D eigenvalue weighted by Gasteiger charge is -2.18. The largest absolute Gasteiger partial charge is 0.397 e. The van der Waals surface area contributed by atoms with E-state index in [2.05, 4.69) is 11.4 Å². The molecule has 0 unspecified atom stereocenters. The summed E-state index contributed by atoms with van der Waals surface area (Å²) in [4.78, 5) is 0. The second kappa shape index (κ2) is 4.96. The Morgan fingerprint density at radius 1 is 1.41 bits per heavy atom. The molecule has 0 spiro atoms. The van der Waals surface area contributed by atoms with Crippen molar-refractivity contribution in [2.45, 2.75) is 26.2 Å². The van der Waals surface area contributed by atoms with Crippen molar-refractivity contribution in [1.82, 2.24) is 0 Å². The minimum atomic E-state index is 0.451. The molecule has 3 nitrogen and oxygen atoms in total. The van der Waals surface area contributed by atoms with E-state index in [0.29, 0.717) is 5.41 Å². The first-order valence-corrected chi connectivity index (χ1v) is 6.25. The third-order valence-corrected chi connectivity index (χ3v) is 3.77. The van der Waals surface area contributed by atoms with Gasteiger partial charge in [0.25, 0.3) is 0 Å². The zero-order valence-corrected chi connectivity index (χ0v) is 10.8. The van der Waals surface area contributed by atoms with Crippen molar-refractivity contribution < 1.29 is 4.74 Å². The van der Waals surface area contributed by atoms with E-state index in [0.717, 1.165) is 36.5 Å². The highest BCUT2D eigenvalue weighted by Gasteiger charge is 2.41. The van der Waals surface area contributed by atoms with Crippen molar-refractivity contribution in [1.29, 1.82) is 0 Å². The minimum Gasteiger partial charge on any atom is -0.397 e. The Hall–Kier alpha value is -1.22. The number of methoxy groups -OCH3 is 1. The summed E-state index contributed by atoms with van der Waals surface area (Å²) in [7, 11) is 1.77. The summed E-state index contributed by atoms with van der Waals surface area (Å²) in [6.07, 6.45) is 3.74. The summed E-state index contributed by atoms with van der Waals surface area (Å²) in [5, 5.41) is 3.48. The number of nitrogen functional groups attached to an aromatic ring is 1. The van der Waals surface area contributed by atoms with E-state index < -0.39 is 0 Å². The molecule has 1 aliphatic carbocycles. The summed E-state index contributed by atoms with van der Waals surface area (Å²) >= 11 is 0. The SMILES string of the molecule is COCCC1(CNc2cccc(C)c2N)CC1. The first kappa shape index (κ1) is 12.2. The average molecular weight is 234 g/mol. The van der Waals surface area contributed by atoms with Crippen LogP contribution in [-0.4, -0.2) is 20.3 Å². The molecule has 0 amide bonds. The van der Waals surface area contributed by atoms with E-state index in [1.54, 1.807) is 7.11 Å². The molecule has 94 valence electrons. The maximum atomic E-state index is 6.05. The van der Waals surface area contributed by atoms with E-state index >= 15 is 0 Å². The fourth-order valence-electron chi connectivity index (χ4n) is 2.13. The molecule has 2 rings (SSSR count). The van der Waals surface area contributed by atoms with Crippen molar-refractivity contribution >= 4 is 11.4 Å². The summed E-state index contributed by atoms with van der Waals surface area (Å²) in [5.41, 5.74) is 9.57. The highest BCUT2D eigenvalue weighted by atomic mass is 16.5. The predicted octanol–water partition coefficient (Wildman–Crippen LogP) is 2.81. The number of ether oxygens (including phenoxy) is 1. The molecule has 0 radical (unpaired) electrons. The Labute approximate surface area is 103 Å². The molecule has 3 heteroatoms. The molecule has 0 aromatic heterocycles. The van der Waals surface area contributed by atoms with Crippen LogP contribution in [0.15, 0.2) is 18.2 Å². The molecule has 0 bridgehead atoms. The van der Waals surface area contributed by atoms with Crippen LogP contribution in [0.5, 0.6) is 0 Å². The van der Waals surface area contributed by atoms with Gasteiger partial charge in [-0.25, -0.2) is 0 Å². The van der Waals surface area contributed by atoms with E-state index in [1.807, 2.05) is 19.1 Å². The van der Waals surface area contributed by atoms with Crippen LogP contribution in [0.2, 0.25) is 0 Å². The summed E-state index contributed by atoms with van der Waals surface area (Å²) in [5.74, 6) is 0. The van der Waals surface area contributed by atoms with Crippen LogP contribution in [0.3, 0.4) is 0 Å². The van der Waals surface area contributed by atoms with Crippen molar-refractivity contribution in [2.24, 2.45) is 5.41 Å². The van der Waals surface area contributed by atoms with Gasteiger partial charge in [-0.05, 0) is 43.2 Å². The number of aryl methyl sites for hydroxylation is 1. The second-order valence-electron chi connectivity index (χ2n) is 5.13. The fraction of sp³-hybridized carbons (Fsp3) is 0.571. The van der Waals surface area contributed by atoms with Crippen molar-refractivity contribution in [3.05, 3.63) is 23.8 Å². The van der Waals surface area contributed by atoms with Crippen LogP contribution in [0.1, 0.15) is 24.8 Å². The van der Waals surface area contributed by atoms with Gasteiger partial charge >= 0.3 is 0 Å². The lowest BCUT2D eigenvalue weighted by atomic mass is 10.0. The zero-order valence-electron chi connectivity index (χ0n) is 10.8. The van der Waals surface area contributed by atoms with Gasteiger partial charge in [0.15, 0.2) is 0 Å². The normalized spacial score (nSPS) is 16.8. The van der Waals surface area contributed by atoms with Gasteiger partial charge in [0.2, 0.25) is 0 Å². The number of nitrogens with two attached hydrogens (primary N) is 1. The Balaban J connectivity index is 1.92. The maximum absolute atomic E-state index is 6.05. The van der Waals surface area contributed by atoms with Gasteiger partial charge < -0.3 is 15.8 Å². The Bertz CT molecular complexity index is 386. The predicted molar refractivity (Wildman–Crippen MR) is 72.2 cm³/mol. The number of rotatable bonds is 6. The quantitative estimate of drug-likeness (QED) is 0.744. The Morgan fingerprint density at radius 2 is 2.18 bits per heavy atom. The Kier molecular flexibility index (Phi) is 3.57. The standard InChI is InChI=1S/C14H22N2O/c1-11-4-3-5-12(13(11)15)16-10-14(6-7-14)8-9-17-2/h3-5,16H,6-10,15H2,1-2H3. The van der Waals surface area contributed by atoms with Gasteiger partial charge in [0.1, 0.15) is 0 Å². The second-order valence-corrected chi connectivity index (χ2v) is 5.13. The van der Waals surface area contributed by atoms with Crippen molar-refractivity contribution in [3.63, 3.8) is 0 Å². The van der Waals surface area contributed by atoms with Crippen molar-refractivity contribution in [3.8, 4) is 0 Å². The third-order valence-electron chi connectivity index (χ3n) is 3.77. The van der Waals surface area contributed by atoms with Gasteiger partial charge in [-0.1, -0.05) is 12.1 Å². The number of para-hydroxylation sites is 1. The van der Waals surface area contributed by atoms with E-state index in [1.165, 1.54) is 12.8 Å². The van der Waals surface area contributed by atoms with Crippen molar-refractivity contribution in [2.75, 3.05) is 31.3 Å². The number of hydrogen-bond donors (Lipinski definition) is 2. The molecule has 3 N–H and O–H groups in total. The monoisotopic (exact) mass is 234 g/mol. The molecule has 1 aromatic rings. The molecule has 17 heavy (non-hydrogen) atoms. The first-order chi connectivity index (χ1) is 8.17. The lowest BCUT2D eigenvalue weighted by Crippen LogP contribution is -2.18. The smallest absolute Gasteiger partial charge is 0.0579 e. The zero-order chi connectivity index (χ0) is 12.3. The highest BCUT2D eigenvalue weighted by Crippen LogP contribution is 2.48. The van der Waals surface area contributed by atoms with Crippen LogP contribution in [0.25, 0.3) is 0 Å². The molecule has 1 aromatic carbocycles. The molecule has 0 aliphatic heterocycles. The fourth-order valence-corrected chi connectivity index (χ4v) is 2.13. The topological polar surface area (TPSA) is 47.3 Å². The number of nitrogens with one attached hydrogen (secondary N) is 1. The van der Waals surface area contributed by atoms with Crippen LogP contribution >= 0.6 is 0 Å². The summed E-state index contributed by atoms with van der Waals surface area (Å²) < 4.78 is 5.16. The molecule has 0 saturated heterocycles. The summed E-state index contributed by atoms with van der Waals surface area (Å²) in [6.45, 7) is 3.90. The van der Waals surface area contributed by atoms with E-state index in [9.17, 15) is 0 Å². The third kappa shape index (κ3) is 2.91. The van der Waals surface area contributed by atoms with Crippen LogP contribution in [0, 0.1) is 12.3 Å². The average Bonchev–Trinajstić information content (AvgIpc) is 3.09. The maximum Gasteiger partial charge on any atom is 0.0579 e. The van der Waals surface area contributed by atoms with Gasteiger partial charge in [-0.2, -0.15) is 0 Å². The van der Waals surface area contributed by atoms with Crippen LogP contribution in [0.4, 0.5) is 11.4 Å². The first-order valence-electron chi connectivity index (χ1n) is 6.25. The molecule has 0 atom stereocenters. The van der Waals surface area contributed by atoms with Gasteiger partial charge in [0.05, 0.1) is 11.4 Å². The molecule has 1 aliphatic rings. The Morgan fingerprint density at radius 3 is 2.82 bits per heavy atom. The lowest BCUT2D eigenvalue weighted by molar-refractivity contribution is 0.175. The van der Waals surface area contributed by atoms with Crippen LogP contribution < -0.4 is 11.1 Å². The highest BCUT2D eigenvalue weighted by molar-refractivity contribution is 5.69. The van der Waals surface area contributed by atoms with Crippen LogP contribution in [-0.2, 0) is 4.74 Å². The summed E-state index contributed by atoms with van der Waals surface area (Å²) in [6, 6.07) is 6.13. The molecular formula is C14H22N2O. The van der Waals surface area contributed by atoms with E-state index in [-0.39, 0.29) is 0 Å². The molecule has 1 fully saturated rings. The molecule has 1 saturated carbocycles.